The highest BCUT2D eigenvalue weighted by molar-refractivity contribution is 5.04. The standard InChI is InChI=1S/C11H19N3O/c15-8-4-7-14-11(9-12-13-14)10-5-2-1-3-6-10/h9-10,15H,1-8H2. The van der Waals surface area contributed by atoms with Crippen molar-refractivity contribution in [3.8, 4) is 0 Å². The number of nitrogens with zero attached hydrogens (tertiary/aromatic N) is 3. The normalized spacial score (nSPS) is 18.2. The lowest BCUT2D eigenvalue weighted by molar-refractivity contribution is 0.274. The molecular weight excluding hydrogens is 190 g/mol. The van der Waals surface area contributed by atoms with Crippen molar-refractivity contribution in [3.63, 3.8) is 0 Å². The van der Waals surface area contributed by atoms with Crippen LogP contribution in [-0.2, 0) is 6.54 Å². The van der Waals surface area contributed by atoms with Crippen LogP contribution in [-0.4, -0.2) is 26.7 Å². The first kappa shape index (κ1) is 10.6. The third kappa shape index (κ3) is 2.56. The van der Waals surface area contributed by atoms with Crippen LogP contribution in [0.5, 0.6) is 0 Å². The first-order valence-electron chi connectivity index (χ1n) is 5.91. The second-order valence-electron chi connectivity index (χ2n) is 4.29. The van der Waals surface area contributed by atoms with Crippen LogP contribution in [0.4, 0.5) is 0 Å². The monoisotopic (exact) mass is 209 g/mol. The van der Waals surface area contributed by atoms with Crippen LogP contribution in [0, 0.1) is 0 Å². The molecule has 1 fully saturated rings. The van der Waals surface area contributed by atoms with Gasteiger partial charge in [-0.2, -0.15) is 0 Å². The molecule has 84 valence electrons. The summed E-state index contributed by atoms with van der Waals surface area (Å²) in [5.74, 6) is 0.646. The highest BCUT2D eigenvalue weighted by Crippen LogP contribution is 2.31. The highest BCUT2D eigenvalue weighted by Gasteiger charge is 2.19. The van der Waals surface area contributed by atoms with Gasteiger partial charge in [0.1, 0.15) is 0 Å². The largest absolute Gasteiger partial charge is 0.396 e. The van der Waals surface area contributed by atoms with Crippen molar-refractivity contribution in [3.05, 3.63) is 11.9 Å². The average Bonchev–Trinajstić information content (AvgIpc) is 2.75. The minimum atomic E-state index is 0.226. The molecule has 0 amide bonds. The Morgan fingerprint density at radius 1 is 1.33 bits per heavy atom. The summed E-state index contributed by atoms with van der Waals surface area (Å²) in [5, 5.41) is 16.9. The molecule has 4 heteroatoms. The van der Waals surface area contributed by atoms with E-state index in [2.05, 4.69) is 10.3 Å². The van der Waals surface area contributed by atoms with Gasteiger partial charge in [0.2, 0.25) is 0 Å². The molecule has 1 aliphatic carbocycles. The van der Waals surface area contributed by atoms with Crippen LogP contribution in [0.25, 0.3) is 0 Å². The Kier molecular flexibility index (Phi) is 3.72. The zero-order valence-electron chi connectivity index (χ0n) is 9.10. The number of aromatic nitrogens is 3. The highest BCUT2D eigenvalue weighted by atomic mass is 16.3. The molecular formula is C11H19N3O. The van der Waals surface area contributed by atoms with E-state index in [-0.39, 0.29) is 6.61 Å². The number of hydrogen-bond donors (Lipinski definition) is 1. The fourth-order valence-electron chi connectivity index (χ4n) is 2.37. The van der Waals surface area contributed by atoms with Gasteiger partial charge in [-0.05, 0) is 19.3 Å². The van der Waals surface area contributed by atoms with Gasteiger partial charge in [-0.1, -0.05) is 24.5 Å². The van der Waals surface area contributed by atoms with E-state index in [1.807, 2.05) is 10.9 Å². The fraction of sp³-hybridized carbons (Fsp3) is 0.818. The maximum atomic E-state index is 8.80. The van der Waals surface area contributed by atoms with E-state index < -0.39 is 0 Å². The molecule has 1 aliphatic rings. The van der Waals surface area contributed by atoms with Crippen molar-refractivity contribution in [1.29, 1.82) is 0 Å². The summed E-state index contributed by atoms with van der Waals surface area (Å²) in [4.78, 5) is 0. The quantitative estimate of drug-likeness (QED) is 0.821. The van der Waals surface area contributed by atoms with E-state index in [0.717, 1.165) is 13.0 Å². The molecule has 1 saturated carbocycles. The first-order valence-corrected chi connectivity index (χ1v) is 5.91. The predicted molar refractivity (Wildman–Crippen MR) is 57.6 cm³/mol. The van der Waals surface area contributed by atoms with Gasteiger partial charge < -0.3 is 5.11 Å². The molecule has 1 N–H and O–H groups in total. The zero-order valence-corrected chi connectivity index (χ0v) is 9.10. The predicted octanol–water partition coefficient (Wildman–Crippen LogP) is 1.71. The van der Waals surface area contributed by atoms with Gasteiger partial charge in [0.15, 0.2) is 0 Å². The summed E-state index contributed by atoms with van der Waals surface area (Å²) in [7, 11) is 0. The van der Waals surface area contributed by atoms with Crippen LogP contribution >= 0.6 is 0 Å². The summed E-state index contributed by atoms with van der Waals surface area (Å²) in [6.45, 7) is 1.02. The fourth-order valence-corrected chi connectivity index (χ4v) is 2.37. The molecule has 4 nitrogen and oxygen atoms in total. The Labute approximate surface area is 90.3 Å². The van der Waals surface area contributed by atoms with E-state index in [1.54, 1.807) is 0 Å². The van der Waals surface area contributed by atoms with Crippen molar-refractivity contribution in [2.75, 3.05) is 6.61 Å². The van der Waals surface area contributed by atoms with Gasteiger partial charge in [0.05, 0.1) is 11.9 Å². The molecule has 0 atom stereocenters. The Morgan fingerprint density at radius 2 is 2.13 bits per heavy atom. The van der Waals surface area contributed by atoms with Crippen molar-refractivity contribution in [2.24, 2.45) is 0 Å². The third-order valence-corrected chi connectivity index (χ3v) is 3.20. The summed E-state index contributed by atoms with van der Waals surface area (Å²) in [6, 6.07) is 0. The van der Waals surface area contributed by atoms with E-state index in [1.165, 1.54) is 37.8 Å². The number of hydrogen-bond acceptors (Lipinski definition) is 3. The third-order valence-electron chi connectivity index (χ3n) is 3.20. The van der Waals surface area contributed by atoms with Gasteiger partial charge in [-0.15, -0.1) is 5.10 Å². The van der Waals surface area contributed by atoms with Crippen LogP contribution in [0.1, 0.15) is 50.1 Å². The van der Waals surface area contributed by atoms with E-state index in [0.29, 0.717) is 5.92 Å². The minimum Gasteiger partial charge on any atom is -0.396 e. The first-order chi connectivity index (χ1) is 7.42. The molecule has 0 aromatic carbocycles. The number of aryl methyl sites for hydroxylation is 1. The number of rotatable bonds is 4. The lowest BCUT2D eigenvalue weighted by Crippen LogP contribution is -2.13. The Morgan fingerprint density at radius 3 is 2.87 bits per heavy atom. The number of aliphatic hydroxyl groups excluding tert-OH is 1. The topological polar surface area (TPSA) is 50.9 Å². The van der Waals surface area contributed by atoms with Gasteiger partial charge in [-0.25, -0.2) is 4.68 Å². The molecule has 0 radical (unpaired) electrons. The van der Waals surface area contributed by atoms with Gasteiger partial charge in [0, 0.05) is 19.1 Å². The van der Waals surface area contributed by atoms with Crippen molar-refractivity contribution < 1.29 is 5.11 Å². The smallest absolute Gasteiger partial charge is 0.0728 e. The van der Waals surface area contributed by atoms with Gasteiger partial charge >= 0.3 is 0 Å². The summed E-state index contributed by atoms with van der Waals surface area (Å²) < 4.78 is 1.96. The van der Waals surface area contributed by atoms with Gasteiger partial charge in [-0.3, -0.25) is 0 Å². The summed E-state index contributed by atoms with van der Waals surface area (Å²) in [5.41, 5.74) is 1.27. The van der Waals surface area contributed by atoms with Crippen LogP contribution < -0.4 is 0 Å². The second-order valence-corrected chi connectivity index (χ2v) is 4.29. The van der Waals surface area contributed by atoms with Crippen molar-refractivity contribution in [2.45, 2.75) is 51.0 Å². The summed E-state index contributed by atoms with van der Waals surface area (Å²) >= 11 is 0. The van der Waals surface area contributed by atoms with E-state index >= 15 is 0 Å². The second kappa shape index (κ2) is 5.26. The van der Waals surface area contributed by atoms with Crippen LogP contribution in [0.15, 0.2) is 6.20 Å². The molecule has 0 bridgehead atoms. The Bertz CT molecular complexity index is 292. The molecule has 1 heterocycles. The lowest BCUT2D eigenvalue weighted by atomic mass is 9.87. The van der Waals surface area contributed by atoms with Crippen molar-refractivity contribution >= 4 is 0 Å². The van der Waals surface area contributed by atoms with Gasteiger partial charge in [0.25, 0.3) is 0 Å². The van der Waals surface area contributed by atoms with Crippen molar-refractivity contribution in [1.82, 2.24) is 15.0 Å². The molecule has 15 heavy (non-hydrogen) atoms. The van der Waals surface area contributed by atoms with Crippen LogP contribution in [0.3, 0.4) is 0 Å². The maximum Gasteiger partial charge on any atom is 0.0728 e. The molecule has 0 saturated heterocycles. The minimum absolute atomic E-state index is 0.226. The molecule has 0 aliphatic heterocycles. The molecule has 1 aromatic rings. The maximum absolute atomic E-state index is 8.80. The zero-order chi connectivity index (χ0) is 10.5. The molecule has 2 rings (SSSR count). The Balaban J connectivity index is 2.02. The Hall–Kier alpha value is -0.900. The SMILES string of the molecule is OCCCn1nncc1C1CCCCC1. The average molecular weight is 209 g/mol. The van der Waals surface area contributed by atoms with Crippen LogP contribution in [0.2, 0.25) is 0 Å². The van der Waals surface area contributed by atoms with E-state index in [9.17, 15) is 0 Å². The molecule has 0 spiro atoms. The number of aliphatic hydroxyl groups is 1. The van der Waals surface area contributed by atoms with E-state index in [4.69, 9.17) is 5.11 Å². The molecule has 1 aromatic heterocycles. The summed E-state index contributed by atoms with van der Waals surface area (Å²) in [6.07, 6.45) is 9.23. The lowest BCUT2D eigenvalue weighted by Gasteiger charge is -2.21. The molecule has 0 unspecified atom stereocenters.